The Bertz CT molecular complexity index is 354. The first-order valence-electron chi connectivity index (χ1n) is 10.5. The molecule has 2 unspecified atom stereocenters. The average Bonchev–Trinajstić information content (AvgIpc) is 2.90. The molecule has 24 heavy (non-hydrogen) atoms. The van der Waals surface area contributed by atoms with E-state index in [0.717, 1.165) is 12.8 Å². The number of hydrogen-bond donors (Lipinski definition) is 0. The van der Waals surface area contributed by atoms with Crippen LogP contribution in [0.2, 0.25) is 0 Å². The van der Waals surface area contributed by atoms with Crippen molar-refractivity contribution in [3.63, 3.8) is 0 Å². The van der Waals surface area contributed by atoms with Gasteiger partial charge in [-0.05, 0) is 12.3 Å². The second-order valence-corrected chi connectivity index (χ2v) is 7.50. The molecule has 0 aromatic heterocycles. The van der Waals surface area contributed by atoms with E-state index in [-0.39, 0.29) is 17.7 Å². The Labute approximate surface area is 149 Å². The maximum atomic E-state index is 11.7. The highest BCUT2D eigenvalue weighted by Gasteiger charge is 2.37. The molecule has 1 aliphatic rings. The van der Waals surface area contributed by atoms with Crippen LogP contribution in [0.15, 0.2) is 0 Å². The highest BCUT2D eigenvalue weighted by molar-refractivity contribution is 6.03. The van der Waals surface area contributed by atoms with Gasteiger partial charge >= 0.3 is 0 Å². The lowest BCUT2D eigenvalue weighted by Gasteiger charge is -2.18. The van der Waals surface area contributed by atoms with Gasteiger partial charge in [0, 0.05) is 6.42 Å². The van der Waals surface area contributed by atoms with E-state index in [2.05, 4.69) is 19.2 Å². The second-order valence-electron chi connectivity index (χ2n) is 7.50. The molecule has 2 atom stereocenters. The Morgan fingerprint density at radius 3 is 1.75 bits per heavy atom. The monoisotopic (exact) mass is 336 g/mol. The number of hydrogen-bond acceptors (Lipinski definition) is 2. The van der Waals surface area contributed by atoms with Crippen molar-refractivity contribution in [1.29, 1.82) is 0 Å². The molecule has 1 fully saturated rings. The number of nitrogens with zero attached hydrogens (tertiary/aromatic N) is 1. The van der Waals surface area contributed by atoms with Crippen molar-refractivity contribution in [2.24, 2.45) is 11.8 Å². The fourth-order valence-corrected chi connectivity index (χ4v) is 3.83. The molecular weight excluding hydrogens is 298 g/mol. The first kappa shape index (κ1) is 21.2. The fraction of sp³-hybridized carbons (Fsp3) is 0.905. The summed E-state index contributed by atoms with van der Waals surface area (Å²) in [6.45, 7) is 4.39. The van der Waals surface area contributed by atoms with Crippen LogP contribution in [0.25, 0.3) is 0 Å². The van der Waals surface area contributed by atoms with E-state index in [4.69, 9.17) is 0 Å². The Hall–Kier alpha value is -0.860. The summed E-state index contributed by atoms with van der Waals surface area (Å²) in [4.78, 5) is 23.0. The summed E-state index contributed by atoms with van der Waals surface area (Å²) in [5.74, 6) is -0.130. The number of amides is 2. The Balaban J connectivity index is 1.94. The van der Waals surface area contributed by atoms with Gasteiger partial charge in [0.05, 0.1) is 5.92 Å². The van der Waals surface area contributed by atoms with Crippen LogP contribution in [0, 0.1) is 11.8 Å². The molecule has 0 spiro atoms. The van der Waals surface area contributed by atoms with Crippen LogP contribution in [0.5, 0.6) is 0 Å². The molecule has 0 saturated carbocycles. The molecule has 0 aromatic carbocycles. The lowest BCUT2D eigenvalue weighted by Crippen LogP contribution is -2.21. The molecule has 0 aliphatic carbocycles. The summed E-state index contributed by atoms with van der Waals surface area (Å²) in [5, 5.41) is 3.57. The zero-order valence-corrected chi connectivity index (χ0v) is 16.0. The topological polar surface area (TPSA) is 48.2 Å². The zero-order chi connectivity index (χ0) is 17.6. The van der Waals surface area contributed by atoms with Crippen LogP contribution in [-0.4, -0.2) is 11.8 Å². The van der Waals surface area contributed by atoms with E-state index in [1.165, 1.54) is 77.0 Å². The molecule has 3 nitrogen and oxygen atoms in total. The van der Waals surface area contributed by atoms with Gasteiger partial charge in [0.2, 0.25) is 5.91 Å². The highest BCUT2D eigenvalue weighted by atomic mass is 16.2. The zero-order valence-electron chi connectivity index (χ0n) is 16.0. The fourth-order valence-electron chi connectivity index (χ4n) is 3.83. The summed E-state index contributed by atoms with van der Waals surface area (Å²) < 4.78 is 0. The van der Waals surface area contributed by atoms with E-state index in [1.807, 2.05) is 0 Å². The molecule has 1 heterocycles. The minimum atomic E-state index is -0.210. The highest BCUT2D eigenvalue weighted by Crippen LogP contribution is 2.29. The van der Waals surface area contributed by atoms with Gasteiger partial charge < -0.3 is 0 Å². The smallest absolute Gasteiger partial charge is 0.252 e. The van der Waals surface area contributed by atoms with Crippen molar-refractivity contribution < 1.29 is 9.59 Å². The Kier molecular flexibility index (Phi) is 11.9. The van der Waals surface area contributed by atoms with Crippen LogP contribution in [0.4, 0.5) is 0 Å². The van der Waals surface area contributed by atoms with Crippen LogP contribution < -0.4 is 5.32 Å². The van der Waals surface area contributed by atoms with E-state index in [9.17, 15) is 9.59 Å². The Morgan fingerprint density at radius 2 is 1.33 bits per heavy atom. The van der Waals surface area contributed by atoms with Crippen LogP contribution in [0.3, 0.4) is 0 Å². The predicted octanol–water partition coefficient (Wildman–Crippen LogP) is 5.78. The average molecular weight is 337 g/mol. The molecule has 3 heteroatoms. The molecule has 0 aromatic rings. The van der Waals surface area contributed by atoms with Crippen molar-refractivity contribution in [3.8, 4) is 0 Å². The van der Waals surface area contributed by atoms with E-state index in [0.29, 0.717) is 12.3 Å². The minimum Gasteiger partial charge on any atom is -0.272 e. The molecule has 0 N–H and O–H groups in total. The molecule has 1 aliphatic heterocycles. The quantitative estimate of drug-likeness (QED) is 0.281. The number of rotatable bonds is 15. The largest absolute Gasteiger partial charge is 0.272 e. The lowest BCUT2D eigenvalue weighted by atomic mass is 9.84. The van der Waals surface area contributed by atoms with Gasteiger partial charge in [0.15, 0.2) is 0 Å². The SMILES string of the molecule is CCCCCCCCCCCCCCC(CC)C1CC(=O)[N]C1=O. The van der Waals surface area contributed by atoms with Crippen molar-refractivity contribution >= 4 is 11.8 Å². The predicted molar refractivity (Wildman–Crippen MR) is 99.7 cm³/mol. The minimum absolute atomic E-state index is 0.116. The summed E-state index contributed by atoms with van der Waals surface area (Å²) in [6.07, 6.45) is 18.7. The number of carbonyl (C=O) groups is 2. The molecule has 0 bridgehead atoms. The van der Waals surface area contributed by atoms with Gasteiger partial charge in [-0.25, -0.2) is 0 Å². The maximum absolute atomic E-state index is 11.7. The Morgan fingerprint density at radius 1 is 0.833 bits per heavy atom. The third-order valence-electron chi connectivity index (χ3n) is 5.47. The molecular formula is C21H38NO2. The van der Waals surface area contributed by atoms with Crippen LogP contribution in [-0.2, 0) is 9.59 Å². The molecule has 139 valence electrons. The van der Waals surface area contributed by atoms with Gasteiger partial charge in [-0.1, -0.05) is 97.3 Å². The van der Waals surface area contributed by atoms with Crippen molar-refractivity contribution in [1.82, 2.24) is 5.32 Å². The molecule has 1 rings (SSSR count). The third kappa shape index (κ3) is 8.84. The number of imide groups is 1. The van der Waals surface area contributed by atoms with E-state index < -0.39 is 0 Å². The van der Waals surface area contributed by atoms with Crippen molar-refractivity contribution in [2.45, 2.75) is 110 Å². The van der Waals surface area contributed by atoms with Gasteiger partial charge in [0.25, 0.3) is 5.91 Å². The van der Waals surface area contributed by atoms with Gasteiger partial charge in [-0.2, -0.15) is 5.32 Å². The van der Waals surface area contributed by atoms with Gasteiger partial charge in [0.1, 0.15) is 0 Å². The third-order valence-corrected chi connectivity index (χ3v) is 5.47. The van der Waals surface area contributed by atoms with Gasteiger partial charge in [-0.15, -0.1) is 0 Å². The van der Waals surface area contributed by atoms with Crippen LogP contribution >= 0.6 is 0 Å². The van der Waals surface area contributed by atoms with Crippen LogP contribution in [0.1, 0.15) is 110 Å². The first-order chi connectivity index (χ1) is 11.7. The lowest BCUT2D eigenvalue weighted by molar-refractivity contribution is -0.126. The summed E-state index contributed by atoms with van der Waals surface area (Å²) in [7, 11) is 0. The molecule has 1 saturated heterocycles. The van der Waals surface area contributed by atoms with E-state index >= 15 is 0 Å². The standard InChI is InChI=1S/C21H38NO2/c1-3-5-6-7-8-9-10-11-12-13-14-15-16-18(4-2)19-17-20(23)22-21(19)24/h18-19H,3-17H2,1-2H3. The number of carbonyl (C=O) groups excluding carboxylic acids is 2. The van der Waals surface area contributed by atoms with Crippen molar-refractivity contribution in [3.05, 3.63) is 0 Å². The summed E-state index contributed by atoms with van der Waals surface area (Å²) in [6, 6.07) is 0. The molecule has 2 amide bonds. The normalized spacial score (nSPS) is 18.8. The van der Waals surface area contributed by atoms with Gasteiger partial charge in [-0.3, -0.25) is 9.59 Å². The second kappa shape index (κ2) is 13.4. The maximum Gasteiger partial charge on any atom is 0.252 e. The number of unbranched alkanes of at least 4 members (excludes halogenated alkanes) is 11. The summed E-state index contributed by atoms with van der Waals surface area (Å²) >= 11 is 0. The van der Waals surface area contributed by atoms with Crippen molar-refractivity contribution in [2.75, 3.05) is 0 Å². The molecule has 1 radical (unpaired) electrons. The van der Waals surface area contributed by atoms with E-state index in [1.54, 1.807) is 0 Å². The summed E-state index contributed by atoms with van der Waals surface area (Å²) in [5.41, 5.74) is 0. The first-order valence-corrected chi connectivity index (χ1v) is 10.5.